The van der Waals surface area contributed by atoms with Crippen LogP contribution in [0.4, 0.5) is 0 Å². The Hall–Kier alpha value is -1.28. The van der Waals surface area contributed by atoms with Gasteiger partial charge in [-0.1, -0.05) is 24.0 Å². The van der Waals surface area contributed by atoms with Crippen molar-refractivity contribution < 1.29 is 15.2 Å². The molecule has 4 heteroatoms. The van der Waals surface area contributed by atoms with Crippen LogP contribution in [0.25, 0.3) is 0 Å². The highest BCUT2D eigenvalue weighted by Gasteiger charge is 2.08. The fourth-order valence-electron chi connectivity index (χ4n) is 1.07. The summed E-state index contributed by atoms with van der Waals surface area (Å²) in [6.45, 7) is 0.157. The Morgan fingerprint density at radius 1 is 1.13 bits per heavy atom. The highest BCUT2D eigenvalue weighted by Crippen LogP contribution is 1.95. The van der Waals surface area contributed by atoms with Gasteiger partial charge in [0.05, 0.1) is 0 Å². The van der Waals surface area contributed by atoms with Crippen LogP contribution >= 0.6 is 0 Å². The summed E-state index contributed by atoms with van der Waals surface area (Å²) in [5.41, 5.74) is 1.29. The molecule has 0 saturated heterocycles. The van der Waals surface area contributed by atoms with Gasteiger partial charge < -0.3 is 15.2 Å². The molecule has 0 saturated carbocycles. The van der Waals surface area contributed by atoms with Gasteiger partial charge in [-0.25, -0.2) is 0 Å². The molecule has 0 atom stereocenters. The molecule has 0 aliphatic heterocycles. The Morgan fingerprint density at radius 3 is 2.33 bits per heavy atom. The van der Waals surface area contributed by atoms with Crippen molar-refractivity contribution >= 4 is 12.6 Å². The predicted octanol–water partition coefficient (Wildman–Crippen LogP) is -0.510. The van der Waals surface area contributed by atoms with Crippen molar-refractivity contribution in [2.75, 3.05) is 6.61 Å². The molecule has 78 valence electrons. The van der Waals surface area contributed by atoms with Crippen LogP contribution < -0.4 is 5.46 Å². The lowest BCUT2D eigenvalue weighted by Crippen LogP contribution is -2.29. The maximum absolute atomic E-state index is 8.85. The molecule has 1 aromatic rings. The molecule has 0 unspecified atom stereocenters. The molecule has 0 fully saturated rings. The average Bonchev–Trinajstić information content (AvgIpc) is 2.25. The topological polar surface area (TPSA) is 60.7 Å². The fraction of sp³-hybridized carbons (Fsp3) is 0.273. The van der Waals surface area contributed by atoms with Gasteiger partial charge in [0.1, 0.15) is 0 Å². The second-order valence-electron chi connectivity index (χ2n) is 3.12. The molecule has 0 aliphatic carbocycles. The minimum absolute atomic E-state index is 0.157. The van der Waals surface area contributed by atoms with Crippen LogP contribution in [-0.2, 0) is 0 Å². The molecule has 3 nitrogen and oxygen atoms in total. The van der Waals surface area contributed by atoms with Gasteiger partial charge in [-0.15, -0.1) is 0 Å². The van der Waals surface area contributed by atoms with Crippen molar-refractivity contribution in [3.63, 3.8) is 0 Å². The van der Waals surface area contributed by atoms with Gasteiger partial charge in [0.15, 0.2) is 0 Å². The zero-order chi connectivity index (χ0) is 11.1. The molecule has 0 aliphatic rings. The van der Waals surface area contributed by atoms with E-state index in [0.29, 0.717) is 18.3 Å². The Labute approximate surface area is 89.5 Å². The smallest absolute Gasteiger partial charge is 0.423 e. The second kappa shape index (κ2) is 6.25. The summed E-state index contributed by atoms with van der Waals surface area (Å²) in [5, 5.41) is 26.2. The van der Waals surface area contributed by atoms with Gasteiger partial charge in [0.2, 0.25) is 0 Å². The van der Waals surface area contributed by atoms with Gasteiger partial charge in [-0.05, 0) is 24.0 Å². The van der Waals surface area contributed by atoms with E-state index in [0.717, 1.165) is 5.56 Å². The maximum atomic E-state index is 8.85. The number of benzene rings is 1. The van der Waals surface area contributed by atoms with Gasteiger partial charge in [-0.2, -0.15) is 0 Å². The Kier molecular flexibility index (Phi) is 4.92. The van der Waals surface area contributed by atoms with Crippen molar-refractivity contribution in [3.05, 3.63) is 29.8 Å². The third kappa shape index (κ3) is 4.17. The van der Waals surface area contributed by atoms with Crippen LogP contribution in [0.3, 0.4) is 0 Å². The van der Waals surface area contributed by atoms with Gasteiger partial charge >= 0.3 is 7.12 Å². The molecule has 1 rings (SSSR count). The number of unbranched alkanes of at least 4 members (excludes halogenated alkanes) is 1. The zero-order valence-electron chi connectivity index (χ0n) is 8.35. The third-order valence-corrected chi connectivity index (χ3v) is 1.90. The third-order valence-electron chi connectivity index (χ3n) is 1.90. The van der Waals surface area contributed by atoms with Crippen LogP contribution in [0.1, 0.15) is 18.4 Å². The summed E-state index contributed by atoms with van der Waals surface area (Å²) in [5.74, 6) is 5.84. The molecule has 0 bridgehead atoms. The van der Waals surface area contributed by atoms with E-state index >= 15 is 0 Å². The molecule has 0 spiro atoms. The van der Waals surface area contributed by atoms with Crippen molar-refractivity contribution in [1.29, 1.82) is 0 Å². The summed E-state index contributed by atoms with van der Waals surface area (Å²) < 4.78 is 0. The summed E-state index contributed by atoms with van der Waals surface area (Å²) >= 11 is 0. The van der Waals surface area contributed by atoms with Crippen LogP contribution in [0.2, 0.25) is 0 Å². The minimum Gasteiger partial charge on any atom is -0.423 e. The van der Waals surface area contributed by atoms with Crippen molar-refractivity contribution in [2.45, 2.75) is 12.8 Å². The van der Waals surface area contributed by atoms with E-state index in [1.165, 1.54) is 0 Å². The SMILES string of the molecule is OCCCC#Cc1ccc(B(O)O)cc1. The predicted molar refractivity (Wildman–Crippen MR) is 59.5 cm³/mol. The number of hydrogen-bond acceptors (Lipinski definition) is 3. The first-order valence-corrected chi connectivity index (χ1v) is 4.80. The maximum Gasteiger partial charge on any atom is 0.488 e. The standard InChI is InChI=1S/C11H13BO3/c13-9-3-1-2-4-10-5-7-11(8-6-10)12(14)15/h5-8,13-15H,1,3,9H2. The lowest BCUT2D eigenvalue weighted by molar-refractivity contribution is 0.290. The van der Waals surface area contributed by atoms with E-state index in [1.807, 2.05) is 0 Å². The Morgan fingerprint density at radius 2 is 1.80 bits per heavy atom. The van der Waals surface area contributed by atoms with E-state index < -0.39 is 7.12 Å². The summed E-state index contributed by atoms with van der Waals surface area (Å²) in [6, 6.07) is 6.73. The van der Waals surface area contributed by atoms with Crippen molar-refractivity contribution in [1.82, 2.24) is 0 Å². The van der Waals surface area contributed by atoms with Crippen molar-refractivity contribution in [3.8, 4) is 11.8 Å². The normalized spacial score (nSPS) is 9.27. The van der Waals surface area contributed by atoms with Crippen LogP contribution in [0, 0.1) is 11.8 Å². The molecule has 0 radical (unpaired) electrons. The van der Waals surface area contributed by atoms with Gasteiger partial charge in [0.25, 0.3) is 0 Å². The first-order valence-electron chi connectivity index (χ1n) is 4.80. The van der Waals surface area contributed by atoms with E-state index in [2.05, 4.69) is 11.8 Å². The summed E-state index contributed by atoms with van der Waals surface area (Å²) in [4.78, 5) is 0. The van der Waals surface area contributed by atoms with Crippen molar-refractivity contribution in [2.24, 2.45) is 0 Å². The molecular weight excluding hydrogens is 191 g/mol. The average molecular weight is 204 g/mol. The lowest BCUT2D eigenvalue weighted by Gasteiger charge is -1.97. The molecule has 15 heavy (non-hydrogen) atoms. The Balaban J connectivity index is 2.59. The van der Waals surface area contributed by atoms with E-state index in [1.54, 1.807) is 24.3 Å². The largest absolute Gasteiger partial charge is 0.488 e. The summed E-state index contributed by atoms with van der Waals surface area (Å²) in [6.07, 6.45) is 1.35. The van der Waals surface area contributed by atoms with Crippen LogP contribution in [-0.4, -0.2) is 28.9 Å². The zero-order valence-corrected chi connectivity index (χ0v) is 8.35. The first-order chi connectivity index (χ1) is 7.24. The summed E-state index contributed by atoms with van der Waals surface area (Å²) in [7, 11) is -1.43. The minimum atomic E-state index is -1.43. The monoisotopic (exact) mass is 204 g/mol. The molecule has 0 amide bonds. The van der Waals surface area contributed by atoms with Gasteiger partial charge in [0, 0.05) is 18.6 Å². The fourth-order valence-corrected chi connectivity index (χ4v) is 1.07. The Bertz CT molecular complexity index is 348. The van der Waals surface area contributed by atoms with E-state index in [9.17, 15) is 0 Å². The number of aliphatic hydroxyl groups is 1. The molecule has 0 heterocycles. The van der Waals surface area contributed by atoms with E-state index in [4.69, 9.17) is 15.2 Å². The second-order valence-corrected chi connectivity index (χ2v) is 3.12. The number of hydrogen-bond donors (Lipinski definition) is 3. The lowest BCUT2D eigenvalue weighted by atomic mass is 9.80. The van der Waals surface area contributed by atoms with Crippen LogP contribution in [0.15, 0.2) is 24.3 Å². The molecule has 3 N–H and O–H groups in total. The molecular formula is C11H13BO3. The number of aliphatic hydroxyl groups excluding tert-OH is 1. The first kappa shape index (κ1) is 11.8. The molecule has 0 aromatic heterocycles. The number of rotatable bonds is 3. The van der Waals surface area contributed by atoms with E-state index in [-0.39, 0.29) is 6.61 Å². The molecule has 1 aromatic carbocycles. The highest BCUT2D eigenvalue weighted by molar-refractivity contribution is 6.58. The van der Waals surface area contributed by atoms with Crippen LogP contribution in [0.5, 0.6) is 0 Å². The highest BCUT2D eigenvalue weighted by atomic mass is 16.4. The quantitative estimate of drug-likeness (QED) is 0.353. The van der Waals surface area contributed by atoms with Gasteiger partial charge in [-0.3, -0.25) is 0 Å².